The molecule has 0 amide bonds. The molecular weight excluding hydrogens is 372 g/mol. The Morgan fingerprint density at radius 2 is 2.00 bits per heavy atom. The summed E-state index contributed by atoms with van der Waals surface area (Å²) in [7, 11) is 0. The highest BCUT2D eigenvalue weighted by atomic mass is 79.9. The summed E-state index contributed by atoms with van der Waals surface area (Å²) in [5, 5.41) is 7.80. The summed E-state index contributed by atoms with van der Waals surface area (Å²) in [5.41, 5.74) is 8.58. The number of nitrogens with one attached hydrogen (secondary N) is 1. The average molecular weight is 388 g/mol. The summed E-state index contributed by atoms with van der Waals surface area (Å²) in [4.78, 5) is 0. The van der Waals surface area contributed by atoms with Crippen LogP contribution in [0.3, 0.4) is 0 Å². The SMILES string of the molecule is Cc1nn(C(C)C)c(Nc2ccc(Br)cc2Br)c1N. The first-order chi connectivity index (χ1) is 8.90. The fourth-order valence-corrected chi connectivity index (χ4v) is 2.92. The van der Waals surface area contributed by atoms with Crippen LogP contribution in [0.2, 0.25) is 0 Å². The summed E-state index contributed by atoms with van der Waals surface area (Å²) < 4.78 is 3.89. The van der Waals surface area contributed by atoms with Gasteiger partial charge in [-0.25, -0.2) is 4.68 Å². The van der Waals surface area contributed by atoms with E-state index in [1.54, 1.807) is 0 Å². The Labute approximate surface area is 129 Å². The first-order valence-electron chi connectivity index (χ1n) is 5.96. The number of hydrogen-bond donors (Lipinski definition) is 2. The lowest BCUT2D eigenvalue weighted by atomic mass is 10.3. The molecule has 4 nitrogen and oxygen atoms in total. The molecule has 0 aliphatic rings. The van der Waals surface area contributed by atoms with Crippen molar-refractivity contribution in [2.24, 2.45) is 0 Å². The smallest absolute Gasteiger partial charge is 0.152 e. The number of aryl methyl sites for hydroxylation is 1. The maximum Gasteiger partial charge on any atom is 0.152 e. The number of halogens is 2. The van der Waals surface area contributed by atoms with Crippen molar-refractivity contribution in [1.29, 1.82) is 0 Å². The molecule has 102 valence electrons. The largest absolute Gasteiger partial charge is 0.394 e. The van der Waals surface area contributed by atoms with E-state index in [2.05, 4.69) is 56.1 Å². The van der Waals surface area contributed by atoms with Crippen LogP contribution < -0.4 is 11.1 Å². The number of aromatic nitrogens is 2. The first-order valence-corrected chi connectivity index (χ1v) is 7.55. The molecule has 0 aliphatic heterocycles. The lowest BCUT2D eigenvalue weighted by molar-refractivity contribution is 0.536. The third-order valence-corrected chi connectivity index (χ3v) is 3.95. The Bertz CT molecular complexity index is 605. The molecule has 0 bridgehead atoms. The van der Waals surface area contributed by atoms with Crippen LogP contribution >= 0.6 is 31.9 Å². The average Bonchev–Trinajstić information content (AvgIpc) is 2.61. The van der Waals surface area contributed by atoms with Crippen molar-refractivity contribution in [3.05, 3.63) is 32.8 Å². The topological polar surface area (TPSA) is 55.9 Å². The van der Waals surface area contributed by atoms with E-state index in [0.717, 1.165) is 26.1 Å². The molecule has 19 heavy (non-hydrogen) atoms. The van der Waals surface area contributed by atoms with Gasteiger partial charge in [-0.1, -0.05) is 15.9 Å². The lowest BCUT2D eigenvalue weighted by Crippen LogP contribution is -2.08. The van der Waals surface area contributed by atoms with Gasteiger partial charge in [0.2, 0.25) is 0 Å². The second-order valence-corrected chi connectivity index (χ2v) is 6.41. The monoisotopic (exact) mass is 386 g/mol. The fraction of sp³-hybridized carbons (Fsp3) is 0.308. The van der Waals surface area contributed by atoms with E-state index in [4.69, 9.17) is 5.73 Å². The molecule has 0 radical (unpaired) electrons. The molecular formula is C13H16Br2N4. The Hall–Kier alpha value is -1.01. The van der Waals surface area contributed by atoms with Crippen LogP contribution in [0.15, 0.2) is 27.1 Å². The van der Waals surface area contributed by atoms with Crippen molar-refractivity contribution in [2.45, 2.75) is 26.8 Å². The molecule has 0 atom stereocenters. The van der Waals surface area contributed by atoms with E-state index in [1.807, 2.05) is 29.8 Å². The molecule has 2 aromatic rings. The van der Waals surface area contributed by atoms with E-state index >= 15 is 0 Å². The maximum atomic E-state index is 6.10. The molecule has 0 aliphatic carbocycles. The van der Waals surface area contributed by atoms with E-state index in [-0.39, 0.29) is 6.04 Å². The fourth-order valence-electron chi connectivity index (χ4n) is 1.78. The minimum atomic E-state index is 0.243. The molecule has 1 aromatic carbocycles. The van der Waals surface area contributed by atoms with Crippen LogP contribution in [0, 0.1) is 6.92 Å². The van der Waals surface area contributed by atoms with Crippen molar-refractivity contribution < 1.29 is 0 Å². The van der Waals surface area contributed by atoms with E-state index in [0.29, 0.717) is 5.69 Å². The van der Waals surface area contributed by atoms with E-state index in [9.17, 15) is 0 Å². The predicted octanol–water partition coefficient (Wildman–Crippen LogP) is 4.62. The van der Waals surface area contributed by atoms with Crippen LogP contribution in [0.1, 0.15) is 25.6 Å². The van der Waals surface area contributed by atoms with Crippen molar-refractivity contribution in [2.75, 3.05) is 11.1 Å². The van der Waals surface area contributed by atoms with E-state index in [1.165, 1.54) is 0 Å². The molecule has 0 fully saturated rings. The van der Waals surface area contributed by atoms with Gasteiger partial charge in [0.05, 0.1) is 17.1 Å². The number of hydrogen-bond acceptors (Lipinski definition) is 3. The van der Waals surface area contributed by atoms with Crippen LogP contribution in [0.4, 0.5) is 17.2 Å². The predicted molar refractivity (Wildman–Crippen MR) is 86.9 cm³/mol. The molecule has 0 spiro atoms. The number of anilines is 3. The van der Waals surface area contributed by atoms with Crippen molar-refractivity contribution in [3.8, 4) is 0 Å². The third kappa shape index (κ3) is 2.95. The molecule has 3 N–H and O–H groups in total. The van der Waals surface area contributed by atoms with Gasteiger partial charge in [0.25, 0.3) is 0 Å². The maximum absolute atomic E-state index is 6.10. The zero-order valence-corrected chi connectivity index (χ0v) is 14.2. The standard InChI is InChI=1S/C13H16Br2N4/c1-7(2)19-13(12(16)8(3)18-19)17-11-5-4-9(14)6-10(11)15/h4-7,17H,16H2,1-3H3. The van der Waals surface area contributed by atoms with Gasteiger partial charge in [-0.2, -0.15) is 5.10 Å². The molecule has 0 unspecified atom stereocenters. The normalized spacial score (nSPS) is 11.1. The first kappa shape index (κ1) is 14.4. The highest BCUT2D eigenvalue weighted by molar-refractivity contribution is 9.11. The van der Waals surface area contributed by atoms with E-state index < -0.39 is 0 Å². The second kappa shape index (κ2) is 5.54. The van der Waals surface area contributed by atoms with Gasteiger partial charge in [-0.3, -0.25) is 0 Å². The summed E-state index contributed by atoms with van der Waals surface area (Å²) in [6, 6.07) is 6.20. The van der Waals surface area contributed by atoms with Gasteiger partial charge < -0.3 is 11.1 Å². The van der Waals surface area contributed by atoms with Gasteiger partial charge >= 0.3 is 0 Å². The zero-order valence-electron chi connectivity index (χ0n) is 11.0. The minimum absolute atomic E-state index is 0.243. The minimum Gasteiger partial charge on any atom is -0.394 e. The van der Waals surface area contributed by atoms with Gasteiger partial charge in [0.1, 0.15) is 0 Å². The molecule has 0 saturated carbocycles. The summed E-state index contributed by atoms with van der Waals surface area (Å²) in [5.74, 6) is 0.829. The Morgan fingerprint density at radius 1 is 1.32 bits per heavy atom. The summed E-state index contributed by atoms with van der Waals surface area (Å²) in [6.45, 7) is 6.07. The number of benzene rings is 1. The van der Waals surface area contributed by atoms with Crippen LogP contribution in [-0.2, 0) is 0 Å². The third-order valence-electron chi connectivity index (χ3n) is 2.81. The van der Waals surface area contributed by atoms with Crippen LogP contribution in [-0.4, -0.2) is 9.78 Å². The molecule has 1 heterocycles. The highest BCUT2D eigenvalue weighted by Gasteiger charge is 2.15. The van der Waals surface area contributed by atoms with Crippen molar-refractivity contribution in [1.82, 2.24) is 9.78 Å². The molecule has 0 saturated heterocycles. The number of nitrogen functional groups attached to an aromatic ring is 1. The molecule has 1 aromatic heterocycles. The quantitative estimate of drug-likeness (QED) is 0.807. The molecule has 6 heteroatoms. The van der Waals surface area contributed by atoms with Crippen LogP contribution in [0.5, 0.6) is 0 Å². The highest BCUT2D eigenvalue weighted by Crippen LogP contribution is 2.33. The Kier molecular flexibility index (Phi) is 4.20. The number of nitrogens with two attached hydrogens (primary N) is 1. The van der Waals surface area contributed by atoms with Gasteiger partial charge in [-0.15, -0.1) is 0 Å². The Balaban J connectivity index is 2.43. The Morgan fingerprint density at radius 3 is 2.58 bits per heavy atom. The molecule has 2 rings (SSSR count). The summed E-state index contributed by atoms with van der Waals surface area (Å²) >= 11 is 6.97. The van der Waals surface area contributed by atoms with Crippen molar-refractivity contribution >= 4 is 49.1 Å². The zero-order chi connectivity index (χ0) is 14.2. The van der Waals surface area contributed by atoms with Gasteiger partial charge in [0.15, 0.2) is 5.82 Å². The van der Waals surface area contributed by atoms with Gasteiger partial charge in [-0.05, 0) is 54.9 Å². The second-order valence-electron chi connectivity index (χ2n) is 4.64. The lowest BCUT2D eigenvalue weighted by Gasteiger charge is -2.14. The number of rotatable bonds is 3. The van der Waals surface area contributed by atoms with Crippen molar-refractivity contribution in [3.63, 3.8) is 0 Å². The number of nitrogens with zero attached hydrogens (tertiary/aromatic N) is 2. The summed E-state index contributed by atoms with van der Waals surface area (Å²) in [6.07, 6.45) is 0. The van der Waals surface area contributed by atoms with Crippen LogP contribution in [0.25, 0.3) is 0 Å². The van der Waals surface area contributed by atoms with Gasteiger partial charge in [0, 0.05) is 15.0 Å².